The van der Waals surface area contributed by atoms with E-state index in [9.17, 15) is 14.4 Å². The third-order valence-corrected chi connectivity index (χ3v) is 1.31. The van der Waals surface area contributed by atoms with Crippen LogP contribution in [0.4, 0.5) is 0 Å². The molecular weight excluding hydrogens is 182 g/mol. The van der Waals surface area contributed by atoms with Gasteiger partial charge in [-0.3, -0.25) is 4.79 Å². The van der Waals surface area contributed by atoms with Crippen molar-refractivity contribution in [2.45, 2.75) is 46.5 Å². The molecule has 0 fully saturated rings. The van der Waals surface area contributed by atoms with Gasteiger partial charge < -0.3 is 15.3 Å². The fourth-order valence-corrected chi connectivity index (χ4v) is 0.748. The van der Waals surface area contributed by atoms with E-state index in [0.29, 0.717) is 12.8 Å². The maximum atomic E-state index is 10.4. The molecule has 0 rings (SSSR count). The quantitative estimate of drug-likeness (QED) is 0.679. The lowest BCUT2D eigenvalue weighted by molar-refractivity contribution is -0.118. The van der Waals surface area contributed by atoms with Gasteiger partial charge >= 0.3 is 0 Å². The van der Waals surface area contributed by atoms with Crippen molar-refractivity contribution in [3.63, 3.8) is 0 Å². The Morgan fingerprint density at radius 2 is 1.07 bits per heavy atom. The number of amides is 1. The van der Waals surface area contributed by atoms with Gasteiger partial charge in [-0.2, -0.15) is 0 Å². The summed E-state index contributed by atoms with van der Waals surface area (Å²) >= 11 is 0. The molecule has 0 aromatic rings. The number of nitrogens with two attached hydrogens (primary N) is 1. The Kier molecular flexibility index (Phi) is 10.8. The van der Waals surface area contributed by atoms with Gasteiger partial charge in [0, 0.05) is 19.8 Å². The predicted molar refractivity (Wildman–Crippen MR) is 54.7 cm³/mol. The zero-order valence-electron chi connectivity index (χ0n) is 9.13. The third-order valence-electron chi connectivity index (χ3n) is 1.31. The highest BCUT2D eigenvalue weighted by atomic mass is 16.1. The Morgan fingerprint density at radius 1 is 0.857 bits per heavy atom. The smallest absolute Gasteiger partial charge is 0.214 e. The van der Waals surface area contributed by atoms with Gasteiger partial charge in [0.05, 0.1) is 0 Å². The molecule has 4 heteroatoms. The summed E-state index contributed by atoms with van der Waals surface area (Å²) in [6.07, 6.45) is 2.95. The average molecular weight is 201 g/mol. The van der Waals surface area contributed by atoms with E-state index in [1.807, 2.05) is 0 Å². The Hall–Kier alpha value is -1.19. The summed E-state index contributed by atoms with van der Waals surface area (Å²) in [6, 6.07) is 0. The highest BCUT2D eigenvalue weighted by Gasteiger charge is 1.95. The number of hydrogen-bond donors (Lipinski definition) is 1. The zero-order valence-corrected chi connectivity index (χ0v) is 9.13. The van der Waals surface area contributed by atoms with E-state index in [1.165, 1.54) is 6.92 Å². The molecule has 0 aliphatic carbocycles. The fraction of sp³-hybridized carbons (Fsp3) is 0.700. The first-order chi connectivity index (χ1) is 6.36. The van der Waals surface area contributed by atoms with Gasteiger partial charge in [0.25, 0.3) is 0 Å². The number of primary amides is 1. The summed E-state index contributed by atoms with van der Waals surface area (Å²) in [6.45, 7) is 4.46. The van der Waals surface area contributed by atoms with E-state index in [-0.39, 0.29) is 17.5 Å². The molecule has 0 unspecified atom stereocenters. The summed E-state index contributed by atoms with van der Waals surface area (Å²) in [4.78, 5) is 30.0. The van der Waals surface area contributed by atoms with Crippen LogP contribution in [0.25, 0.3) is 0 Å². The number of carbonyl (C=O) groups is 3. The minimum atomic E-state index is -0.333. The van der Waals surface area contributed by atoms with Crippen LogP contribution in [0, 0.1) is 0 Å². The van der Waals surface area contributed by atoms with E-state index >= 15 is 0 Å². The lowest BCUT2D eigenvalue weighted by atomic mass is 10.1. The normalized spacial score (nSPS) is 8.50. The largest absolute Gasteiger partial charge is 0.370 e. The van der Waals surface area contributed by atoms with Crippen molar-refractivity contribution in [1.29, 1.82) is 0 Å². The van der Waals surface area contributed by atoms with Crippen LogP contribution in [0.1, 0.15) is 46.5 Å². The first-order valence-corrected chi connectivity index (χ1v) is 4.61. The average Bonchev–Trinajstić information content (AvgIpc) is 1.96. The second-order valence-electron chi connectivity index (χ2n) is 3.22. The molecular formula is C10H19NO3. The monoisotopic (exact) mass is 201 g/mol. The van der Waals surface area contributed by atoms with Gasteiger partial charge in [-0.25, -0.2) is 0 Å². The van der Waals surface area contributed by atoms with E-state index in [4.69, 9.17) is 0 Å². The maximum Gasteiger partial charge on any atom is 0.214 e. The van der Waals surface area contributed by atoms with Gasteiger partial charge in [0.2, 0.25) is 5.91 Å². The first kappa shape index (κ1) is 15.3. The number of rotatable bonds is 5. The van der Waals surface area contributed by atoms with E-state index in [0.717, 1.165) is 12.8 Å². The Balaban J connectivity index is 0. The minimum Gasteiger partial charge on any atom is -0.370 e. The van der Waals surface area contributed by atoms with Crippen molar-refractivity contribution in [2.24, 2.45) is 5.73 Å². The number of hydrogen-bond acceptors (Lipinski definition) is 3. The predicted octanol–water partition coefficient (Wildman–Crippen LogP) is 1.22. The highest BCUT2D eigenvalue weighted by Crippen LogP contribution is 2.00. The van der Waals surface area contributed by atoms with Crippen LogP contribution in [0.5, 0.6) is 0 Å². The topological polar surface area (TPSA) is 77.2 Å². The molecule has 2 N–H and O–H groups in total. The van der Waals surface area contributed by atoms with Crippen molar-refractivity contribution in [3.8, 4) is 0 Å². The van der Waals surface area contributed by atoms with Crippen LogP contribution in [-0.2, 0) is 14.4 Å². The molecule has 0 aromatic heterocycles. The van der Waals surface area contributed by atoms with Crippen molar-refractivity contribution < 1.29 is 14.4 Å². The summed E-state index contributed by atoms with van der Waals surface area (Å²) in [5.41, 5.74) is 4.47. The van der Waals surface area contributed by atoms with Crippen LogP contribution in [0.3, 0.4) is 0 Å². The SMILES string of the molecule is CC(=O)CCCCC(C)=O.CC(N)=O. The van der Waals surface area contributed by atoms with Gasteiger partial charge in [0.1, 0.15) is 11.6 Å². The summed E-state index contributed by atoms with van der Waals surface area (Å²) in [5, 5.41) is 0. The summed E-state index contributed by atoms with van der Waals surface area (Å²) in [7, 11) is 0. The zero-order chi connectivity index (χ0) is 11.6. The van der Waals surface area contributed by atoms with Crippen LogP contribution in [-0.4, -0.2) is 17.5 Å². The number of carbonyl (C=O) groups excluding carboxylic acids is 3. The molecule has 0 bridgehead atoms. The molecule has 1 amide bonds. The fourth-order valence-electron chi connectivity index (χ4n) is 0.748. The van der Waals surface area contributed by atoms with Crippen LogP contribution >= 0.6 is 0 Å². The lowest BCUT2D eigenvalue weighted by Gasteiger charge is -1.93. The van der Waals surface area contributed by atoms with Crippen LogP contribution in [0.15, 0.2) is 0 Å². The van der Waals surface area contributed by atoms with E-state index < -0.39 is 0 Å². The molecule has 14 heavy (non-hydrogen) atoms. The summed E-state index contributed by atoms with van der Waals surface area (Å²) in [5.74, 6) is 0.0899. The number of ketones is 2. The molecule has 0 heterocycles. The Labute approximate surface area is 84.9 Å². The van der Waals surface area contributed by atoms with Crippen molar-refractivity contribution >= 4 is 17.5 Å². The molecule has 0 radical (unpaired) electrons. The first-order valence-electron chi connectivity index (χ1n) is 4.61. The van der Waals surface area contributed by atoms with Crippen molar-refractivity contribution in [2.75, 3.05) is 0 Å². The molecule has 0 aliphatic heterocycles. The van der Waals surface area contributed by atoms with E-state index in [2.05, 4.69) is 5.73 Å². The molecule has 0 atom stereocenters. The third kappa shape index (κ3) is 30.8. The lowest BCUT2D eigenvalue weighted by Crippen LogP contribution is -2.01. The van der Waals surface area contributed by atoms with Crippen molar-refractivity contribution in [3.05, 3.63) is 0 Å². The molecule has 82 valence electrons. The second-order valence-corrected chi connectivity index (χ2v) is 3.22. The Bertz CT molecular complexity index is 180. The summed E-state index contributed by atoms with van der Waals surface area (Å²) < 4.78 is 0. The van der Waals surface area contributed by atoms with Crippen LogP contribution in [0.2, 0.25) is 0 Å². The maximum absolute atomic E-state index is 10.4. The molecule has 0 aliphatic rings. The highest BCUT2D eigenvalue weighted by molar-refractivity contribution is 5.76. The standard InChI is InChI=1S/C8H14O2.C2H5NO/c1-7(9)5-3-4-6-8(2)10;1-2(3)4/h3-6H2,1-2H3;1H3,(H2,3,4). The van der Waals surface area contributed by atoms with Gasteiger partial charge in [0.15, 0.2) is 0 Å². The molecule has 0 aromatic carbocycles. The Morgan fingerprint density at radius 3 is 1.21 bits per heavy atom. The number of unbranched alkanes of at least 4 members (excludes halogenated alkanes) is 1. The van der Waals surface area contributed by atoms with Crippen molar-refractivity contribution in [1.82, 2.24) is 0 Å². The van der Waals surface area contributed by atoms with Gasteiger partial charge in [-0.1, -0.05) is 0 Å². The molecule has 4 nitrogen and oxygen atoms in total. The molecule has 0 spiro atoms. The second kappa shape index (κ2) is 9.89. The van der Waals surface area contributed by atoms with Crippen LogP contribution < -0.4 is 5.73 Å². The van der Waals surface area contributed by atoms with E-state index in [1.54, 1.807) is 13.8 Å². The van der Waals surface area contributed by atoms with Gasteiger partial charge in [-0.05, 0) is 26.7 Å². The molecule has 0 saturated carbocycles. The number of Topliss-reactive ketones (excluding diaryl/α,β-unsaturated/α-hetero) is 2. The minimum absolute atomic E-state index is 0.212. The van der Waals surface area contributed by atoms with Gasteiger partial charge in [-0.15, -0.1) is 0 Å². The molecule has 0 saturated heterocycles.